The molecule has 4 aromatic rings. The molecular formula is C36H41N9O2. The third kappa shape index (κ3) is 6.10. The van der Waals surface area contributed by atoms with Crippen molar-refractivity contribution in [1.29, 1.82) is 0 Å². The molecule has 7 rings (SSSR count). The summed E-state index contributed by atoms with van der Waals surface area (Å²) in [5.74, 6) is 3.10. The number of hydrogen-bond donors (Lipinski definition) is 2. The average Bonchev–Trinajstić information content (AvgIpc) is 3.61. The number of hydrogen-bond acceptors (Lipinski definition) is 8. The summed E-state index contributed by atoms with van der Waals surface area (Å²) in [5.41, 5.74) is 7.55. The topological polar surface area (TPSA) is 115 Å². The Bertz CT molecular complexity index is 1840. The summed E-state index contributed by atoms with van der Waals surface area (Å²) in [6.07, 6.45) is 13.7. The fraction of sp³-hybridized carbons (Fsp3) is 0.361. The normalized spacial score (nSPS) is 17.3. The number of carbonyl (C=O) groups is 1. The van der Waals surface area contributed by atoms with Gasteiger partial charge in [-0.05, 0) is 82.1 Å². The minimum Gasteiger partial charge on any atom is -0.496 e. The Morgan fingerprint density at radius 3 is 2.68 bits per heavy atom. The Morgan fingerprint density at radius 2 is 1.91 bits per heavy atom. The maximum absolute atomic E-state index is 13.8. The van der Waals surface area contributed by atoms with Crippen molar-refractivity contribution in [3.63, 3.8) is 0 Å². The van der Waals surface area contributed by atoms with Gasteiger partial charge in [-0.3, -0.25) is 14.8 Å². The van der Waals surface area contributed by atoms with Crippen LogP contribution in [0.25, 0.3) is 17.0 Å². The zero-order valence-corrected chi connectivity index (χ0v) is 27.5. The van der Waals surface area contributed by atoms with E-state index in [0.29, 0.717) is 24.2 Å². The quantitative estimate of drug-likeness (QED) is 0.218. The second-order valence-corrected chi connectivity index (χ2v) is 12.4. The number of carbonyl (C=O) groups excluding carboxylic acids is 1. The molecule has 0 bridgehead atoms. The Morgan fingerprint density at radius 1 is 1.06 bits per heavy atom. The second-order valence-electron chi connectivity index (χ2n) is 12.4. The highest BCUT2D eigenvalue weighted by Gasteiger charge is 2.32. The van der Waals surface area contributed by atoms with E-state index in [0.717, 1.165) is 102 Å². The number of aromatic amines is 1. The highest BCUT2D eigenvalue weighted by Crippen LogP contribution is 2.35. The maximum Gasteiger partial charge on any atom is 0.330 e. The number of urea groups is 1. The molecule has 2 aliphatic heterocycles. The lowest BCUT2D eigenvalue weighted by Gasteiger charge is -2.35. The van der Waals surface area contributed by atoms with E-state index in [1.54, 1.807) is 30.2 Å². The molecule has 11 heteroatoms. The zero-order valence-electron chi connectivity index (χ0n) is 27.5. The van der Waals surface area contributed by atoms with Crippen LogP contribution in [0.3, 0.4) is 0 Å². The van der Waals surface area contributed by atoms with Crippen LogP contribution in [0.2, 0.25) is 0 Å². The van der Waals surface area contributed by atoms with E-state index in [1.807, 2.05) is 49.7 Å². The SMILES string of the molecule is CCN1CCC(c2ccc(Nc3ncc4c(n3)N(C)C(=O)N(c3cc(-c5ncc(C6=C(OC)C=CCC6)[nH]5)ccc3C)C4)cn2)CC1. The molecule has 0 spiro atoms. The number of aryl methyl sites for hydroxylation is 1. The van der Waals surface area contributed by atoms with E-state index in [1.165, 1.54) is 0 Å². The number of fused-ring (bicyclic) bond motifs is 1. The largest absolute Gasteiger partial charge is 0.496 e. The number of methoxy groups -OCH3 is 1. The number of nitrogens with one attached hydrogen (secondary N) is 2. The lowest BCUT2D eigenvalue weighted by molar-refractivity contribution is 0.221. The van der Waals surface area contributed by atoms with Gasteiger partial charge in [-0.2, -0.15) is 4.98 Å². The first kappa shape index (κ1) is 30.6. The molecule has 1 aliphatic carbocycles. The number of rotatable bonds is 8. The van der Waals surface area contributed by atoms with Gasteiger partial charge in [-0.15, -0.1) is 0 Å². The third-order valence-electron chi connectivity index (χ3n) is 9.52. The Labute approximate surface area is 275 Å². The summed E-state index contributed by atoms with van der Waals surface area (Å²) < 4.78 is 5.58. The minimum atomic E-state index is -0.161. The molecule has 3 aliphatic rings. The number of allylic oxidation sites excluding steroid dienone is 3. The standard InChI is InChI=1S/C36H41N9O2/c1-5-44-16-14-24(15-17-44)29-13-12-27(20-37-29)40-35-39-19-26-22-45(36(46)43(3)34(26)42-35)31-18-25(11-10-23(31)2)33-38-21-30(41-33)28-8-6-7-9-32(28)47-4/h7,9-13,18-21,24H,5-6,8,14-17,22H2,1-4H3,(H,38,41)(H,39,40,42). The molecule has 2 amide bonds. The van der Waals surface area contributed by atoms with Crippen LogP contribution in [-0.4, -0.2) is 69.6 Å². The van der Waals surface area contributed by atoms with Crippen LogP contribution in [0.5, 0.6) is 0 Å². The van der Waals surface area contributed by atoms with Crippen LogP contribution < -0.4 is 15.1 Å². The van der Waals surface area contributed by atoms with Gasteiger partial charge < -0.3 is 19.9 Å². The third-order valence-corrected chi connectivity index (χ3v) is 9.52. The van der Waals surface area contributed by atoms with Gasteiger partial charge in [-0.25, -0.2) is 14.8 Å². The molecule has 0 saturated carbocycles. The number of H-pyrrole nitrogens is 1. The summed E-state index contributed by atoms with van der Waals surface area (Å²) in [4.78, 5) is 41.8. The predicted molar refractivity (Wildman–Crippen MR) is 185 cm³/mol. The molecule has 1 aromatic carbocycles. The molecule has 3 aromatic heterocycles. The molecule has 2 N–H and O–H groups in total. The summed E-state index contributed by atoms with van der Waals surface area (Å²) in [7, 11) is 3.44. The van der Waals surface area contributed by atoms with Crippen LogP contribution in [0, 0.1) is 6.92 Å². The lowest BCUT2D eigenvalue weighted by atomic mass is 9.93. The van der Waals surface area contributed by atoms with Crippen LogP contribution in [-0.2, 0) is 11.3 Å². The second kappa shape index (κ2) is 13.0. The van der Waals surface area contributed by atoms with E-state index in [2.05, 4.69) is 44.2 Å². The Balaban J connectivity index is 1.08. The van der Waals surface area contributed by atoms with Gasteiger partial charge >= 0.3 is 6.03 Å². The van der Waals surface area contributed by atoms with Crippen LogP contribution in [0.15, 0.2) is 66.8 Å². The molecule has 1 fully saturated rings. The van der Waals surface area contributed by atoms with Crippen molar-refractivity contribution in [3.8, 4) is 11.4 Å². The lowest BCUT2D eigenvalue weighted by Crippen LogP contribution is -2.46. The number of pyridine rings is 1. The summed E-state index contributed by atoms with van der Waals surface area (Å²) >= 11 is 0. The van der Waals surface area contributed by atoms with E-state index in [9.17, 15) is 4.79 Å². The smallest absolute Gasteiger partial charge is 0.330 e. The number of nitrogens with zero attached hydrogens (tertiary/aromatic N) is 7. The number of ether oxygens (including phenoxy) is 1. The minimum absolute atomic E-state index is 0.161. The monoisotopic (exact) mass is 631 g/mol. The highest BCUT2D eigenvalue weighted by molar-refractivity contribution is 6.05. The molecule has 0 atom stereocenters. The molecular weight excluding hydrogens is 590 g/mol. The number of piperidine rings is 1. The molecule has 1 saturated heterocycles. The van der Waals surface area contributed by atoms with Crippen molar-refractivity contribution in [1.82, 2.24) is 29.8 Å². The van der Waals surface area contributed by atoms with Crippen LogP contribution >= 0.6 is 0 Å². The van der Waals surface area contributed by atoms with Crippen molar-refractivity contribution in [3.05, 3.63) is 89.3 Å². The summed E-state index contributed by atoms with van der Waals surface area (Å²) in [6, 6.07) is 10.0. The van der Waals surface area contributed by atoms with Gasteiger partial charge in [0.15, 0.2) is 0 Å². The number of likely N-dealkylation sites (tertiary alicyclic amines) is 1. The summed E-state index contributed by atoms with van der Waals surface area (Å²) in [5, 5.41) is 3.28. The first-order valence-corrected chi connectivity index (χ1v) is 16.4. The zero-order chi connectivity index (χ0) is 32.5. The maximum atomic E-state index is 13.8. The Kier molecular flexibility index (Phi) is 8.46. The van der Waals surface area contributed by atoms with Crippen molar-refractivity contribution in [2.75, 3.05) is 48.9 Å². The molecule has 47 heavy (non-hydrogen) atoms. The van der Waals surface area contributed by atoms with E-state index < -0.39 is 0 Å². The van der Waals surface area contributed by atoms with E-state index in [-0.39, 0.29) is 6.03 Å². The van der Waals surface area contributed by atoms with Crippen molar-refractivity contribution in [2.24, 2.45) is 0 Å². The van der Waals surface area contributed by atoms with Gasteiger partial charge in [0.2, 0.25) is 5.95 Å². The van der Waals surface area contributed by atoms with Crippen LogP contribution in [0.1, 0.15) is 61.0 Å². The molecule has 0 radical (unpaired) electrons. The molecule has 11 nitrogen and oxygen atoms in total. The first-order chi connectivity index (χ1) is 22.9. The summed E-state index contributed by atoms with van der Waals surface area (Å²) in [6.45, 7) is 7.94. The van der Waals surface area contributed by atoms with Gasteiger partial charge in [0.1, 0.15) is 17.4 Å². The average molecular weight is 632 g/mol. The number of imidazole rings is 1. The van der Waals surface area contributed by atoms with Gasteiger partial charge in [-0.1, -0.05) is 25.1 Å². The Hall–Kier alpha value is -5.03. The van der Waals surface area contributed by atoms with Crippen LogP contribution in [0.4, 0.5) is 27.9 Å². The van der Waals surface area contributed by atoms with E-state index in [4.69, 9.17) is 14.7 Å². The van der Waals surface area contributed by atoms with Crippen molar-refractivity contribution >= 4 is 34.7 Å². The van der Waals surface area contributed by atoms with Gasteiger partial charge in [0, 0.05) is 47.2 Å². The van der Waals surface area contributed by atoms with E-state index >= 15 is 0 Å². The number of benzene rings is 1. The molecule has 0 unspecified atom stereocenters. The first-order valence-electron chi connectivity index (χ1n) is 16.4. The van der Waals surface area contributed by atoms with Crippen molar-refractivity contribution < 1.29 is 9.53 Å². The number of amides is 2. The fourth-order valence-electron chi connectivity index (χ4n) is 6.72. The number of anilines is 4. The predicted octanol–water partition coefficient (Wildman–Crippen LogP) is 6.80. The van der Waals surface area contributed by atoms with Gasteiger partial charge in [0.25, 0.3) is 0 Å². The van der Waals surface area contributed by atoms with Crippen molar-refractivity contribution in [2.45, 2.75) is 52.0 Å². The number of aromatic nitrogens is 5. The molecule has 5 heterocycles. The molecule has 242 valence electrons. The van der Waals surface area contributed by atoms with Gasteiger partial charge in [0.05, 0.1) is 37.4 Å². The fourth-order valence-corrected chi connectivity index (χ4v) is 6.72. The highest BCUT2D eigenvalue weighted by atomic mass is 16.5.